The number of nitrogens with zero attached hydrogens (tertiary/aromatic N) is 2. The molecule has 0 spiro atoms. The van der Waals surface area contributed by atoms with Crippen molar-refractivity contribution in [3.8, 4) is 11.5 Å². The molecule has 140 valence electrons. The lowest BCUT2D eigenvalue weighted by molar-refractivity contribution is -0.121. The summed E-state index contributed by atoms with van der Waals surface area (Å²) in [4.78, 5) is 17.1. The summed E-state index contributed by atoms with van der Waals surface area (Å²) in [6.45, 7) is 6.20. The molecule has 4 rings (SSSR count). The van der Waals surface area contributed by atoms with Crippen LogP contribution in [0.1, 0.15) is 43.1 Å². The molecule has 27 heavy (non-hydrogen) atoms. The van der Waals surface area contributed by atoms with E-state index in [0.29, 0.717) is 12.2 Å². The van der Waals surface area contributed by atoms with E-state index in [9.17, 15) is 4.79 Å². The highest BCUT2D eigenvalue weighted by Crippen LogP contribution is 2.38. The number of fused-ring (bicyclic) bond motifs is 2. The smallest absolute Gasteiger partial charge is 0.231 e. The zero-order chi connectivity index (χ0) is 19.0. The van der Waals surface area contributed by atoms with Crippen molar-refractivity contribution in [3.05, 3.63) is 59.5 Å². The lowest BCUT2D eigenvalue weighted by Crippen LogP contribution is -2.31. The molecule has 3 heterocycles. The van der Waals surface area contributed by atoms with Crippen LogP contribution in [0.4, 0.5) is 0 Å². The minimum absolute atomic E-state index is 0.0104. The Balaban J connectivity index is 1.79. The van der Waals surface area contributed by atoms with Crippen molar-refractivity contribution in [2.24, 2.45) is 0 Å². The van der Waals surface area contributed by atoms with Crippen LogP contribution in [0.25, 0.3) is 5.65 Å². The molecule has 1 N–H and O–H groups in total. The molecule has 0 radical (unpaired) electrons. The molecule has 6 nitrogen and oxygen atoms in total. The van der Waals surface area contributed by atoms with Gasteiger partial charge in [-0.25, -0.2) is 4.98 Å². The summed E-state index contributed by atoms with van der Waals surface area (Å²) in [6, 6.07) is 12.0. The van der Waals surface area contributed by atoms with E-state index in [2.05, 4.69) is 14.7 Å². The number of imidazole rings is 1. The van der Waals surface area contributed by atoms with Gasteiger partial charge in [0, 0.05) is 30.3 Å². The van der Waals surface area contributed by atoms with Crippen LogP contribution in [0.15, 0.2) is 42.6 Å². The van der Waals surface area contributed by atoms with Gasteiger partial charge in [0.1, 0.15) is 5.65 Å². The van der Waals surface area contributed by atoms with Gasteiger partial charge in [0.05, 0.1) is 5.69 Å². The average Bonchev–Trinajstić information content (AvgIpc) is 3.26. The molecule has 2 aromatic heterocycles. The third-order valence-corrected chi connectivity index (χ3v) is 4.75. The number of ether oxygens (including phenoxy) is 2. The normalized spacial score (nSPS) is 13.9. The van der Waals surface area contributed by atoms with E-state index >= 15 is 0 Å². The van der Waals surface area contributed by atoms with Gasteiger partial charge in [-0.05, 0) is 50.6 Å². The van der Waals surface area contributed by atoms with Crippen molar-refractivity contribution in [3.63, 3.8) is 0 Å². The third kappa shape index (κ3) is 3.35. The molecular weight excluding hydrogens is 342 g/mol. The molecule has 1 unspecified atom stereocenters. The number of rotatable bonds is 5. The summed E-state index contributed by atoms with van der Waals surface area (Å²) in [6.07, 6.45) is 2.19. The van der Waals surface area contributed by atoms with E-state index in [1.54, 1.807) is 0 Å². The maximum atomic E-state index is 12.6. The monoisotopic (exact) mass is 365 g/mol. The van der Waals surface area contributed by atoms with E-state index < -0.39 is 0 Å². The largest absolute Gasteiger partial charge is 0.454 e. The van der Waals surface area contributed by atoms with E-state index in [4.69, 9.17) is 9.47 Å². The summed E-state index contributed by atoms with van der Waals surface area (Å²) in [7, 11) is 0. The Morgan fingerprint density at radius 1 is 1.22 bits per heavy atom. The molecule has 6 heteroatoms. The molecule has 1 aromatic carbocycles. The van der Waals surface area contributed by atoms with Crippen LogP contribution in [0.2, 0.25) is 0 Å². The maximum absolute atomic E-state index is 12.6. The number of benzene rings is 1. The Morgan fingerprint density at radius 3 is 2.85 bits per heavy atom. The van der Waals surface area contributed by atoms with Crippen LogP contribution >= 0.6 is 0 Å². The van der Waals surface area contributed by atoms with Crippen molar-refractivity contribution in [2.45, 2.75) is 39.2 Å². The van der Waals surface area contributed by atoms with Crippen molar-refractivity contribution in [1.29, 1.82) is 0 Å². The molecule has 1 atom stereocenters. The van der Waals surface area contributed by atoms with Crippen LogP contribution in [0, 0.1) is 6.92 Å². The first-order valence-electron chi connectivity index (χ1n) is 9.15. The average molecular weight is 365 g/mol. The van der Waals surface area contributed by atoms with Gasteiger partial charge in [0.25, 0.3) is 0 Å². The minimum atomic E-state index is -0.144. The second kappa shape index (κ2) is 6.95. The van der Waals surface area contributed by atoms with Crippen LogP contribution in [-0.4, -0.2) is 28.1 Å². The quantitative estimate of drug-likeness (QED) is 0.752. The van der Waals surface area contributed by atoms with E-state index in [1.165, 1.54) is 0 Å². The molecule has 3 aromatic rings. The van der Waals surface area contributed by atoms with Crippen molar-refractivity contribution >= 4 is 11.6 Å². The number of amides is 1. The second-order valence-corrected chi connectivity index (χ2v) is 7.14. The fourth-order valence-electron chi connectivity index (χ4n) is 3.57. The van der Waals surface area contributed by atoms with E-state index in [1.807, 2.05) is 63.4 Å². The van der Waals surface area contributed by atoms with Crippen molar-refractivity contribution in [2.75, 3.05) is 6.79 Å². The van der Waals surface area contributed by atoms with Gasteiger partial charge in [0.15, 0.2) is 11.5 Å². The molecule has 1 aliphatic rings. The maximum Gasteiger partial charge on any atom is 0.231 e. The Hall–Kier alpha value is -3.02. The molecule has 1 amide bonds. The highest BCUT2D eigenvalue weighted by molar-refractivity contribution is 5.78. The Kier molecular flexibility index (Phi) is 4.48. The number of aromatic nitrogens is 2. The van der Waals surface area contributed by atoms with E-state index in [-0.39, 0.29) is 24.7 Å². The van der Waals surface area contributed by atoms with Gasteiger partial charge in [-0.1, -0.05) is 12.1 Å². The highest BCUT2D eigenvalue weighted by Gasteiger charge is 2.25. The van der Waals surface area contributed by atoms with Crippen molar-refractivity contribution < 1.29 is 14.3 Å². The standard InChI is InChI=1S/C21H23N3O3/c1-13(2)23-21(25)10-16(15-7-8-18-19(9-15)27-12-26-18)17-11-22-20-6-4-5-14(3)24(17)20/h4-9,11,13,16H,10,12H2,1-3H3,(H,23,25). The summed E-state index contributed by atoms with van der Waals surface area (Å²) in [5.41, 5.74) is 3.94. The lowest BCUT2D eigenvalue weighted by atomic mass is 9.91. The number of aryl methyl sites for hydroxylation is 1. The number of carbonyl (C=O) groups excluding carboxylic acids is 1. The molecule has 0 saturated heterocycles. The fourth-order valence-corrected chi connectivity index (χ4v) is 3.57. The molecule has 0 fully saturated rings. The van der Waals surface area contributed by atoms with Gasteiger partial charge >= 0.3 is 0 Å². The molecule has 1 aliphatic heterocycles. The fraction of sp³-hybridized carbons (Fsp3) is 0.333. The van der Waals surface area contributed by atoms with Gasteiger partial charge in [0.2, 0.25) is 12.7 Å². The lowest BCUT2D eigenvalue weighted by Gasteiger charge is -2.19. The Bertz CT molecular complexity index is 994. The van der Waals surface area contributed by atoms with Gasteiger partial charge in [-0.3, -0.25) is 4.79 Å². The predicted octanol–water partition coefficient (Wildman–Crippen LogP) is 3.42. The Morgan fingerprint density at radius 2 is 2.04 bits per heavy atom. The summed E-state index contributed by atoms with van der Waals surface area (Å²) in [5, 5.41) is 3.00. The van der Waals surface area contributed by atoms with Gasteiger partial charge < -0.3 is 19.2 Å². The van der Waals surface area contributed by atoms with Crippen LogP contribution < -0.4 is 14.8 Å². The molecular formula is C21H23N3O3. The summed E-state index contributed by atoms with van der Waals surface area (Å²) in [5.74, 6) is 1.32. The third-order valence-electron chi connectivity index (χ3n) is 4.75. The number of carbonyl (C=O) groups is 1. The zero-order valence-corrected chi connectivity index (χ0v) is 15.7. The second-order valence-electron chi connectivity index (χ2n) is 7.14. The number of hydrogen-bond donors (Lipinski definition) is 1. The first kappa shape index (κ1) is 17.4. The number of nitrogens with one attached hydrogen (secondary N) is 1. The highest BCUT2D eigenvalue weighted by atomic mass is 16.7. The van der Waals surface area contributed by atoms with Gasteiger partial charge in [-0.2, -0.15) is 0 Å². The summed E-state index contributed by atoms with van der Waals surface area (Å²) >= 11 is 0. The Labute approximate surface area is 158 Å². The van der Waals surface area contributed by atoms with Crippen LogP contribution in [0.3, 0.4) is 0 Å². The van der Waals surface area contributed by atoms with Gasteiger partial charge in [-0.15, -0.1) is 0 Å². The van der Waals surface area contributed by atoms with Crippen LogP contribution in [-0.2, 0) is 4.79 Å². The predicted molar refractivity (Wildman–Crippen MR) is 102 cm³/mol. The summed E-state index contributed by atoms with van der Waals surface area (Å²) < 4.78 is 13.1. The number of pyridine rings is 1. The minimum Gasteiger partial charge on any atom is -0.454 e. The molecule has 0 aliphatic carbocycles. The zero-order valence-electron chi connectivity index (χ0n) is 15.7. The van der Waals surface area contributed by atoms with E-state index in [0.717, 1.165) is 28.3 Å². The SMILES string of the molecule is Cc1cccc2ncc(C(CC(=O)NC(C)C)c3ccc4c(c3)OCO4)n12. The first-order valence-corrected chi connectivity index (χ1v) is 9.15. The van der Waals surface area contributed by atoms with Crippen LogP contribution in [0.5, 0.6) is 11.5 Å². The van der Waals surface area contributed by atoms with Crippen molar-refractivity contribution in [1.82, 2.24) is 14.7 Å². The number of hydrogen-bond acceptors (Lipinski definition) is 4. The topological polar surface area (TPSA) is 64.9 Å². The molecule has 0 saturated carbocycles. The first-order chi connectivity index (χ1) is 13.0. The molecule has 0 bridgehead atoms.